The molecule has 14 heavy (non-hydrogen) atoms. The molecule has 0 bridgehead atoms. The molecule has 0 radical (unpaired) electrons. The van der Waals surface area contributed by atoms with Crippen LogP contribution >= 0.6 is 0 Å². The zero-order valence-electron chi connectivity index (χ0n) is 7.82. The number of fused-ring (bicyclic) bond motifs is 1. The summed E-state index contributed by atoms with van der Waals surface area (Å²) in [5.74, 6) is -0.871. The highest BCUT2D eigenvalue weighted by atomic mass is 16.4. The molecule has 2 heterocycles. The smallest absolute Gasteiger partial charge is 0.325 e. The van der Waals surface area contributed by atoms with E-state index in [0.717, 1.165) is 23.4 Å². The average Bonchev–Trinajstić information content (AvgIpc) is 2.17. The van der Waals surface area contributed by atoms with Crippen LogP contribution in [0, 0.1) is 6.92 Å². The predicted molar refractivity (Wildman–Crippen MR) is 48.9 cm³/mol. The Bertz CT molecular complexity index is 378. The molecule has 0 saturated carbocycles. The highest BCUT2D eigenvalue weighted by molar-refractivity contribution is 5.76. The molecule has 2 N–H and O–H groups in total. The number of aromatic nitrogens is 2. The largest absolute Gasteiger partial charge is 0.480 e. The van der Waals surface area contributed by atoms with Gasteiger partial charge in [0.2, 0.25) is 0 Å². The number of aryl methyl sites for hydroxylation is 1. The van der Waals surface area contributed by atoms with Crippen molar-refractivity contribution in [3.63, 3.8) is 0 Å². The molecule has 1 atom stereocenters. The Labute approximate surface area is 81.2 Å². The maximum Gasteiger partial charge on any atom is 0.325 e. The van der Waals surface area contributed by atoms with Gasteiger partial charge in [0.25, 0.3) is 0 Å². The summed E-state index contributed by atoms with van der Waals surface area (Å²) in [4.78, 5) is 19.1. The van der Waals surface area contributed by atoms with Gasteiger partial charge in [-0.2, -0.15) is 0 Å². The second-order valence-electron chi connectivity index (χ2n) is 3.29. The van der Waals surface area contributed by atoms with E-state index < -0.39 is 12.0 Å². The first kappa shape index (κ1) is 9.08. The van der Waals surface area contributed by atoms with Crippen LogP contribution in [0.5, 0.6) is 0 Å². The SMILES string of the molecule is Cc1ncnc2c1C(C(=O)O)NCC2. The Hall–Kier alpha value is -1.49. The topological polar surface area (TPSA) is 75.1 Å². The predicted octanol–water partition coefficient (Wildman–Crippen LogP) is 0.0564. The maximum atomic E-state index is 11.0. The molecule has 2 rings (SSSR count). The number of rotatable bonds is 1. The number of aliphatic carboxylic acids is 1. The minimum Gasteiger partial charge on any atom is -0.480 e. The van der Waals surface area contributed by atoms with Gasteiger partial charge >= 0.3 is 5.97 Å². The number of hydrogen-bond donors (Lipinski definition) is 2. The molecular formula is C9H11N3O2. The summed E-state index contributed by atoms with van der Waals surface area (Å²) in [6.45, 7) is 2.46. The van der Waals surface area contributed by atoms with Gasteiger partial charge in [-0.3, -0.25) is 4.79 Å². The molecule has 1 aromatic rings. The number of nitrogens with zero attached hydrogens (tertiary/aromatic N) is 2. The number of carbonyl (C=O) groups is 1. The fraction of sp³-hybridized carbons (Fsp3) is 0.444. The van der Waals surface area contributed by atoms with Crippen LogP contribution in [0.2, 0.25) is 0 Å². The van der Waals surface area contributed by atoms with Gasteiger partial charge in [-0.25, -0.2) is 9.97 Å². The molecule has 0 fully saturated rings. The van der Waals surface area contributed by atoms with Crippen molar-refractivity contribution in [2.24, 2.45) is 0 Å². The van der Waals surface area contributed by atoms with Crippen LogP contribution in [0.15, 0.2) is 6.33 Å². The first-order chi connectivity index (χ1) is 6.70. The summed E-state index contributed by atoms with van der Waals surface area (Å²) in [5.41, 5.74) is 2.32. The molecule has 0 aromatic carbocycles. The van der Waals surface area contributed by atoms with Crippen LogP contribution in [0.3, 0.4) is 0 Å². The zero-order chi connectivity index (χ0) is 10.1. The van der Waals surface area contributed by atoms with Gasteiger partial charge in [0, 0.05) is 24.2 Å². The molecule has 0 saturated heterocycles. The lowest BCUT2D eigenvalue weighted by Crippen LogP contribution is -2.36. The van der Waals surface area contributed by atoms with Gasteiger partial charge in [-0.1, -0.05) is 0 Å². The van der Waals surface area contributed by atoms with Gasteiger partial charge < -0.3 is 10.4 Å². The Morgan fingerprint density at radius 3 is 3.14 bits per heavy atom. The Kier molecular flexibility index (Phi) is 2.17. The number of carboxylic acid groups (broad SMARTS) is 1. The van der Waals surface area contributed by atoms with E-state index in [4.69, 9.17) is 5.11 Å². The summed E-state index contributed by atoms with van der Waals surface area (Å²) in [6.07, 6.45) is 2.25. The van der Waals surface area contributed by atoms with E-state index in [2.05, 4.69) is 15.3 Å². The zero-order valence-corrected chi connectivity index (χ0v) is 7.82. The molecule has 0 amide bonds. The van der Waals surface area contributed by atoms with E-state index in [1.807, 2.05) is 6.92 Å². The van der Waals surface area contributed by atoms with Crippen LogP contribution < -0.4 is 5.32 Å². The van der Waals surface area contributed by atoms with E-state index in [-0.39, 0.29) is 0 Å². The molecule has 0 spiro atoms. The Balaban J connectivity index is 2.52. The summed E-state index contributed by atoms with van der Waals surface area (Å²) in [6, 6.07) is -0.653. The van der Waals surface area contributed by atoms with Crippen LogP contribution in [0.25, 0.3) is 0 Å². The molecule has 0 aliphatic carbocycles. The van der Waals surface area contributed by atoms with Crippen molar-refractivity contribution in [1.29, 1.82) is 0 Å². The van der Waals surface area contributed by atoms with Crippen molar-refractivity contribution in [2.75, 3.05) is 6.54 Å². The highest BCUT2D eigenvalue weighted by Gasteiger charge is 2.28. The third kappa shape index (κ3) is 1.35. The highest BCUT2D eigenvalue weighted by Crippen LogP contribution is 2.23. The van der Waals surface area contributed by atoms with Crippen LogP contribution in [0.1, 0.15) is 23.0 Å². The van der Waals surface area contributed by atoms with Crippen LogP contribution in [-0.2, 0) is 11.2 Å². The van der Waals surface area contributed by atoms with E-state index in [1.165, 1.54) is 6.33 Å². The summed E-state index contributed by atoms with van der Waals surface area (Å²) in [7, 11) is 0. The third-order valence-electron chi connectivity index (χ3n) is 2.41. The lowest BCUT2D eigenvalue weighted by Gasteiger charge is -2.23. The summed E-state index contributed by atoms with van der Waals surface area (Å²) in [5, 5.41) is 11.9. The van der Waals surface area contributed by atoms with Gasteiger partial charge in [0.15, 0.2) is 0 Å². The minimum atomic E-state index is -0.871. The lowest BCUT2D eigenvalue weighted by molar-refractivity contribution is -0.139. The van der Waals surface area contributed by atoms with Crippen molar-refractivity contribution in [3.8, 4) is 0 Å². The molecule has 1 aliphatic rings. The van der Waals surface area contributed by atoms with Crippen molar-refractivity contribution in [2.45, 2.75) is 19.4 Å². The first-order valence-corrected chi connectivity index (χ1v) is 4.46. The van der Waals surface area contributed by atoms with Crippen molar-refractivity contribution in [1.82, 2.24) is 15.3 Å². The van der Waals surface area contributed by atoms with Gasteiger partial charge in [0.05, 0.1) is 5.69 Å². The molecular weight excluding hydrogens is 182 g/mol. The first-order valence-electron chi connectivity index (χ1n) is 4.46. The van der Waals surface area contributed by atoms with Gasteiger partial charge in [-0.15, -0.1) is 0 Å². The van der Waals surface area contributed by atoms with E-state index in [1.54, 1.807) is 0 Å². The van der Waals surface area contributed by atoms with Crippen molar-refractivity contribution >= 4 is 5.97 Å². The van der Waals surface area contributed by atoms with E-state index in [0.29, 0.717) is 6.54 Å². The lowest BCUT2D eigenvalue weighted by atomic mass is 9.98. The average molecular weight is 193 g/mol. The molecule has 1 aromatic heterocycles. The third-order valence-corrected chi connectivity index (χ3v) is 2.41. The van der Waals surface area contributed by atoms with E-state index in [9.17, 15) is 4.79 Å². The Morgan fingerprint density at radius 2 is 2.43 bits per heavy atom. The minimum absolute atomic E-state index is 0.653. The standard InChI is InChI=1S/C9H11N3O2/c1-5-7-6(12-4-11-5)2-3-10-8(7)9(13)14/h4,8,10H,2-3H2,1H3,(H,13,14). The van der Waals surface area contributed by atoms with E-state index >= 15 is 0 Å². The monoisotopic (exact) mass is 193 g/mol. The summed E-state index contributed by atoms with van der Waals surface area (Å²) < 4.78 is 0. The molecule has 74 valence electrons. The molecule has 5 heteroatoms. The number of carboxylic acids is 1. The second-order valence-corrected chi connectivity index (χ2v) is 3.29. The molecule has 1 unspecified atom stereocenters. The van der Waals surface area contributed by atoms with Crippen molar-refractivity contribution in [3.05, 3.63) is 23.3 Å². The summed E-state index contributed by atoms with van der Waals surface area (Å²) >= 11 is 0. The molecule has 5 nitrogen and oxygen atoms in total. The number of hydrogen-bond acceptors (Lipinski definition) is 4. The normalized spacial score (nSPS) is 20.2. The van der Waals surface area contributed by atoms with Crippen LogP contribution in [-0.4, -0.2) is 27.6 Å². The fourth-order valence-corrected chi connectivity index (χ4v) is 1.76. The quantitative estimate of drug-likeness (QED) is 0.659. The van der Waals surface area contributed by atoms with Gasteiger partial charge in [0.1, 0.15) is 12.4 Å². The fourth-order valence-electron chi connectivity index (χ4n) is 1.76. The van der Waals surface area contributed by atoms with Crippen LogP contribution in [0.4, 0.5) is 0 Å². The Morgan fingerprint density at radius 1 is 1.64 bits per heavy atom. The number of nitrogens with one attached hydrogen (secondary N) is 1. The maximum absolute atomic E-state index is 11.0. The van der Waals surface area contributed by atoms with Gasteiger partial charge in [-0.05, 0) is 6.92 Å². The van der Waals surface area contributed by atoms with Crippen molar-refractivity contribution < 1.29 is 9.90 Å². The second kappa shape index (κ2) is 3.34. The molecule has 1 aliphatic heterocycles.